The number of nitrogens with two attached hydrogens (primary N) is 2. The van der Waals surface area contributed by atoms with Crippen LogP contribution in [0.4, 0.5) is 10.5 Å². The molecule has 3 rings (SSSR count). The van der Waals surface area contributed by atoms with Crippen molar-refractivity contribution in [2.45, 2.75) is 25.0 Å². The van der Waals surface area contributed by atoms with Gasteiger partial charge in [0.1, 0.15) is 6.10 Å². The summed E-state index contributed by atoms with van der Waals surface area (Å²) in [5.74, 6) is 0.00268. The first kappa shape index (κ1) is 16.0. The van der Waals surface area contributed by atoms with Gasteiger partial charge in [-0.25, -0.2) is 4.79 Å². The highest BCUT2D eigenvalue weighted by Crippen LogP contribution is 2.43. The second-order valence-corrected chi connectivity index (χ2v) is 5.80. The third kappa shape index (κ3) is 3.72. The lowest BCUT2D eigenvalue weighted by Crippen LogP contribution is -2.15. The van der Waals surface area contributed by atoms with Crippen molar-refractivity contribution in [1.82, 2.24) is 0 Å². The zero-order chi connectivity index (χ0) is 17.1. The van der Waals surface area contributed by atoms with Gasteiger partial charge in [-0.3, -0.25) is 4.79 Å². The maximum Gasteiger partial charge on any atom is 0.404 e. The quantitative estimate of drug-likeness (QED) is 0.784. The first-order valence-corrected chi connectivity index (χ1v) is 7.73. The molecular formula is C18H19N3O3. The summed E-state index contributed by atoms with van der Waals surface area (Å²) >= 11 is 0. The summed E-state index contributed by atoms with van der Waals surface area (Å²) in [7, 11) is 0. The Balaban J connectivity index is 1.62. The molecule has 2 unspecified atom stereocenters. The van der Waals surface area contributed by atoms with Crippen molar-refractivity contribution >= 4 is 17.7 Å². The third-order valence-corrected chi connectivity index (χ3v) is 4.02. The Hall–Kier alpha value is -2.86. The molecule has 24 heavy (non-hydrogen) atoms. The molecule has 0 aromatic heterocycles. The smallest absolute Gasteiger partial charge is 0.404 e. The number of hydrogen-bond donors (Lipinski definition) is 3. The summed E-state index contributed by atoms with van der Waals surface area (Å²) < 4.78 is 4.96. The molecule has 1 saturated carbocycles. The van der Waals surface area contributed by atoms with Crippen LogP contribution in [0.2, 0.25) is 0 Å². The van der Waals surface area contributed by atoms with Gasteiger partial charge in [-0.2, -0.15) is 0 Å². The van der Waals surface area contributed by atoms with Crippen LogP contribution >= 0.6 is 0 Å². The fraction of sp³-hybridized carbons (Fsp3) is 0.222. The first-order chi connectivity index (χ1) is 11.6. The van der Waals surface area contributed by atoms with E-state index in [4.69, 9.17) is 16.2 Å². The Morgan fingerprint density at radius 1 is 1.17 bits per heavy atom. The second-order valence-electron chi connectivity index (χ2n) is 5.80. The highest BCUT2D eigenvalue weighted by atomic mass is 16.6. The van der Waals surface area contributed by atoms with E-state index in [1.807, 2.05) is 36.4 Å². The minimum Gasteiger partial charge on any atom is -0.446 e. The Kier molecular flexibility index (Phi) is 4.48. The number of rotatable bonds is 5. The fourth-order valence-corrected chi connectivity index (χ4v) is 2.66. The van der Waals surface area contributed by atoms with Gasteiger partial charge in [0.05, 0.1) is 0 Å². The number of carbonyl (C=O) groups is 2. The molecule has 2 amide bonds. The van der Waals surface area contributed by atoms with Gasteiger partial charge in [0.25, 0.3) is 5.91 Å². The van der Waals surface area contributed by atoms with Crippen LogP contribution < -0.4 is 16.8 Å². The van der Waals surface area contributed by atoms with E-state index >= 15 is 0 Å². The van der Waals surface area contributed by atoms with Crippen LogP contribution in [0.15, 0.2) is 48.5 Å². The molecule has 0 aliphatic heterocycles. The number of ether oxygens (including phenoxy) is 1. The van der Waals surface area contributed by atoms with Gasteiger partial charge < -0.3 is 21.5 Å². The average molecular weight is 325 g/mol. The molecule has 6 heteroatoms. The predicted octanol–water partition coefficient (Wildman–Crippen LogP) is 2.35. The number of carbonyl (C=O) groups excluding carboxylic acids is 2. The Bertz CT molecular complexity index is 758. The van der Waals surface area contributed by atoms with Crippen molar-refractivity contribution in [2.24, 2.45) is 11.5 Å². The number of nitrogens with one attached hydrogen (secondary N) is 1. The first-order valence-electron chi connectivity index (χ1n) is 7.73. The SMILES string of the molecule is NCc1cccc(C(=O)Nc2ccc(C3CC3OC(N)=O)cc2)c1. The molecule has 0 saturated heterocycles. The average Bonchev–Trinajstić information content (AvgIpc) is 3.34. The highest BCUT2D eigenvalue weighted by molar-refractivity contribution is 6.04. The van der Waals surface area contributed by atoms with Gasteiger partial charge in [0.15, 0.2) is 0 Å². The van der Waals surface area contributed by atoms with E-state index in [1.54, 1.807) is 12.1 Å². The van der Waals surface area contributed by atoms with E-state index in [9.17, 15) is 9.59 Å². The van der Waals surface area contributed by atoms with Crippen LogP contribution in [0.25, 0.3) is 0 Å². The summed E-state index contributed by atoms with van der Waals surface area (Å²) in [5, 5.41) is 2.85. The lowest BCUT2D eigenvalue weighted by molar-refractivity contribution is 0.102. The topological polar surface area (TPSA) is 107 Å². The van der Waals surface area contributed by atoms with Gasteiger partial charge in [-0.1, -0.05) is 24.3 Å². The molecule has 1 aliphatic carbocycles. The zero-order valence-electron chi connectivity index (χ0n) is 13.1. The number of anilines is 1. The number of hydrogen-bond acceptors (Lipinski definition) is 4. The van der Waals surface area contributed by atoms with Gasteiger partial charge in [-0.05, 0) is 41.8 Å². The van der Waals surface area contributed by atoms with Crippen LogP contribution in [0.5, 0.6) is 0 Å². The van der Waals surface area contributed by atoms with Crippen molar-refractivity contribution in [3.8, 4) is 0 Å². The zero-order valence-corrected chi connectivity index (χ0v) is 13.1. The second kappa shape index (κ2) is 6.72. The Morgan fingerprint density at radius 3 is 2.58 bits per heavy atom. The normalized spacial score (nSPS) is 18.7. The monoisotopic (exact) mass is 325 g/mol. The van der Waals surface area contributed by atoms with Crippen molar-refractivity contribution in [3.05, 3.63) is 65.2 Å². The maximum absolute atomic E-state index is 12.3. The van der Waals surface area contributed by atoms with Crippen molar-refractivity contribution in [2.75, 3.05) is 5.32 Å². The minimum atomic E-state index is -0.744. The summed E-state index contributed by atoms with van der Waals surface area (Å²) in [6.07, 6.45) is -0.103. The lowest BCUT2D eigenvalue weighted by Gasteiger charge is -2.08. The molecule has 2 aromatic carbocycles. The molecule has 1 fully saturated rings. The molecule has 5 N–H and O–H groups in total. The van der Waals surface area contributed by atoms with E-state index < -0.39 is 6.09 Å². The molecule has 6 nitrogen and oxygen atoms in total. The van der Waals surface area contributed by atoms with Crippen LogP contribution in [0.3, 0.4) is 0 Å². The summed E-state index contributed by atoms with van der Waals surface area (Å²) in [4.78, 5) is 23.0. The van der Waals surface area contributed by atoms with Gasteiger partial charge in [0, 0.05) is 23.7 Å². The van der Waals surface area contributed by atoms with Crippen LogP contribution in [-0.2, 0) is 11.3 Å². The molecule has 1 aliphatic rings. The van der Waals surface area contributed by atoms with Crippen molar-refractivity contribution in [1.29, 1.82) is 0 Å². The van der Waals surface area contributed by atoms with Gasteiger partial charge in [0.2, 0.25) is 0 Å². The molecule has 124 valence electrons. The summed E-state index contributed by atoms with van der Waals surface area (Å²) in [6, 6.07) is 14.7. The molecular weight excluding hydrogens is 306 g/mol. The largest absolute Gasteiger partial charge is 0.446 e. The highest BCUT2D eigenvalue weighted by Gasteiger charge is 2.41. The number of amides is 2. The molecule has 0 spiro atoms. The Morgan fingerprint density at radius 2 is 1.92 bits per heavy atom. The van der Waals surface area contributed by atoms with Crippen LogP contribution in [0.1, 0.15) is 33.8 Å². The molecule has 0 bridgehead atoms. The third-order valence-electron chi connectivity index (χ3n) is 4.02. The standard InChI is InChI=1S/C18H19N3O3/c19-10-11-2-1-3-13(8-11)17(22)21-14-6-4-12(5-7-14)15-9-16(15)24-18(20)23/h1-8,15-16H,9-10,19H2,(H2,20,23)(H,21,22). The number of primary amides is 1. The summed E-state index contributed by atoms with van der Waals surface area (Å²) in [5.41, 5.74) is 13.8. The molecule has 2 atom stereocenters. The summed E-state index contributed by atoms with van der Waals surface area (Å²) in [6.45, 7) is 0.395. The molecule has 0 heterocycles. The van der Waals surface area contributed by atoms with E-state index in [-0.39, 0.29) is 17.9 Å². The van der Waals surface area contributed by atoms with Crippen LogP contribution in [-0.4, -0.2) is 18.1 Å². The predicted molar refractivity (Wildman–Crippen MR) is 90.5 cm³/mol. The van der Waals surface area contributed by atoms with Crippen LogP contribution in [0, 0.1) is 0 Å². The molecule has 2 aromatic rings. The van der Waals surface area contributed by atoms with Gasteiger partial charge in [-0.15, -0.1) is 0 Å². The van der Waals surface area contributed by atoms with E-state index in [1.165, 1.54) is 0 Å². The van der Waals surface area contributed by atoms with Crippen molar-refractivity contribution < 1.29 is 14.3 Å². The van der Waals surface area contributed by atoms with E-state index in [2.05, 4.69) is 5.32 Å². The van der Waals surface area contributed by atoms with E-state index in [0.717, 1.165) is 17.5 Å². The minimum absolute atomic E-state index is 0.137. The van der Waals surface area contributed by atoms with Crippen molar-refractivity contribution in [3.63, 3.8) is 0 Å². The lowest BCUT2D eigenvalue weighted by atomic mass is 10.1. The molecule has 0 radical (unpaired) electrons. The number of benzene rings is 2. The van der Waals surface area contributed by atoms with Gasteiger partial charge >= 0.3 is 6.09 Å². The fourth-order valence-electron chi connectivity index (χ4n) is 2.66. The Labute approximate surface area is 139 Å². The maximum atomic E-state index is 12.3. The van der Waals surface area contributed by atoms with E-state index in [0.29, 0.717) is 17.8 Å².